The smallest absolute Gasteiger partial charge is 0.269 e. The summed E-state index contributed by atoms with van der Waals surface area (Å²) in [6.45, 7) is 0. The van der Waals surface area contributed by atoms with Crippen LogP contribution in [0.4, 0.5) is 4.39 Å². The molecule has 6 heteroatoms. The quantitative estimate of drug-likeness (QED) is 0.851. The first-order chi connectivity index (χ1) is 10.6. The molecule has 0 radical (unpaired) electrons. The highest BCUT2D eigenvalue weighted by Crippen LogP contribution is 2.16. The van der Waals surface area contributed by atoms with Gasteiger partial charge in [-0.15, -0.1) is 0 Å². The molecular weight excluding hydrogens is 307 g/mol. The van der Waals surface area contributed by atoms with Gasteiger partial charge in [-0.05, 0) is 42.3 Å². The predicted molar refractivity (Wildman–Crippen MR) is 81.8 cm³/mol. The molecular formula is C16H14ClFN2O2. The minimum Gasteiger partial charge on any atom is -0.273 e. The number of carbonyl (C=O) groups is 2. The van der Waals surface area contributed by atoms with Crippen LogP contribution in [0.5, 0.6) is 0 Å². The van der Waals surface area contributed by atoms with Crippen molar-refractivity contribution in [3.05, 3.63) is 70.5 Å². The summed E-state index contributed by atoms with van der Waals surface area (Å²) < 4.78 is 12.7. The first-order valence-electron chi connectivity index (χ1n) is 6.64. The summed E-state index contributed by atoms with van der Waals surface area (Å²) in [5.74, 6) is -1.28. The molecule has 0 atom stereocenters. The van der Waals surface area contributed by atoms with Crippen LogP contribution in [-0.4, -0.2) is 11.8 Å². The fourth-order valence-electron chi connectivity index (χ4n) is 1.81. The zero-order valence-corrected chi connectivity index (χ0v) is 12.4. The lowest BCUT2D eigenvalue weighted by Gasteiger charge is -2.08. The highest BCUT2D eigenvalue weighted by molar-refractivity contribution is 6.31. The van der Waals surface area contributed by atoms with Gasteiger partial charge in [-0.2, -0.15) is 0 Å². The number of carbonyl (C=O) groups excluding carboxylic acids is 2. The van der Waals surface area contributed by atoms with Gasteiger partial charge in [0.15, 0.2) is 0 Å². The number of halogens is 2. The van der Waals surface area contributed by atoms with Crippen LogP contribution in [-0.2, 0) is 11.2 Å². The lowest BCUT2D eigenvalue weighted by atomic mass is 10.1. The minimum absolute atomic E-state index is 0.188. The SMILES string of the molecule is O=C(CCc1ccccc1Cl)NNC(=O)c1ccc(F)cc1. The molecule has 4 nitrogen and oxygen atoms in total. The third kappa shape index (κ3) is 4.56. The summed E-state index contributed by atoms with van der Waals surface area (Å²) in [5, 5.41) is 0.602. The number of hydrogen-bond donors (Lipinski definition) is 2. The summed E-state index contributed by atoms with van der Waals surface area (Å²) in [5.41, 5.74) is 5.71. The minimum atomic E-state index is -0.508. The highest BCUT2D eigenvalue weighted by Gasteiger charge is 2.08. The summed E-state index contributed by atoms with van der Waals surface area (Å²) in [4.78, 5) is 23.4. The van der Waals surface area contributed by atoms with E-state index in [2.05, 4.69) is 10.9 Å². The zero-order valence-electron chi connectivity index (χ0n) is 11.6. The Hall–Kier alpha value is -2.40. The number of nitrogens with one attached hydrogen (secondary N) is 2. The standard InChI is InChI=1S/C16H14ClFN2O2/c17-14-4-2-1-3-11(14)7-10-15(21)19-20-16(22)12-5-8-13(18)9-6-12/h1-6,8-9H,7,10H2,(H,19,21)(H,20,22). The fraction of sp³-hybridized carbons (Fsp3) is 0.125. The summed E-state index contributed by atoms with van der Waals surface area (Å²) in [6.07, 6.45) is 0.658. The van der Waals surface area contributed by atoms with Crippen LogP contribution in [0.2, 0.25) is 5.02 Å². The maximum Gasteiger partial charge on any atom is 0.269 e. The molecule has 114 valence electrons. The first-order valence-corrected chi connectivity index (χ1v) is 7.02. The Labute approximate surface area is 132 Å². The molecule has 0 heterocycles. The van der Waals surface area contributed by atoms with E-state index in [-0.39, 0.29) is 17.9 Å². The average Bonchev–Trinajstić information content (AvgIpc) is 2.52. The van der Waals surface area contributed by atoms with E-state index in [1.165, 1.54) is 24.3 Å². The average molecular weight is 321 g/mol. The molecule has 0 aliphatic carbocycles. The van der Waals surface area contributed by atoms with E-state index in [4.69, 9.17) is 11.6 Å². The van der Waals surface area contributed by atoms with E-state index >= 15 is 0 Å². The lowest BCUT2D eigenvalue weighted by Crippen LogP contribution is -2.41. The Bertz CT molecular complexity index is 674. The van der Waals surface area contributed by atoms with Gasteiger partial charge in [0, 0.05) is 17.0 Å². The van der Waals surface area contributed by atoms with Crippen molar-refractivity contribution in [2.75, 3.05) is 0 Å². The molecule has 0 saturated heterocycles. The van der Waals surface area contributed by atoms with Crippen LogP contribution in [0.3, 0.4) is 0 Å². The number of hydrogen-bond acceptors (Lipinski definition) is 2. The van der Waals surface area contributed by atoms with Crippen molar-refractivity contribution >= 4 is 23.4 Å². The van der Waals surface area contributed by atoms with Crippen LogP contribution in [0.1, 0.15) is 22.3 Å². The fourth-order valence-corrected chi connectivity index (χ4v) is 2.04. The Balaban J connectivity index is 1.79. The Kier molecular flexibility index (Phi) is 5.49. The molecule has 22 heavy (non-hydrogen) atoms. The topological polar surface area (TPSA) is 58.2 Å². The summed E-state index contributed by atoms with van der Waals surface area (Å²) in [7, 11) is 0. The largest absolute Gasteiger partial charge is 0.273 e. The maximum atomic E-state index is 12.7. The van der Waals surface area contributed by atoms with Gasteiger partial charge in [0.25, 0.3) is 5.91 Å². The Morgan fingerprint density at radius 1 is 1.00 bits per heavy atom. The number of hydrazine groups is 1. The maximum absolute atomic E-state index is 12.7. The number of aryl methyl sites for hydroxylation is 1. The second kappa shape index (κ2) is 7.56. The normalized spacial score (nSPS) is 10.1. The van der Waals surface area contributed by atoms with Gasteiger partial charge in [-0.25, -0.2) is 4.39 Å². The molecule has 2 amide bonds. The van der Waals surface area contributed by atoms with Crippen molar-refractivity contribution < 1.29 is 14.0 Å². The Morgan fingerprint density at radius 3 is 2.36 bits per heavy atom. The summed E-state index contributed by atoms with van der Waals surface area (Å²) >= 11 is 6.00. The van der Waals surface area contributed by atoms with E-state index in [1.807, 2.05) is 18.2 Å². The van der Waals surface area contributed by atoms with Crippen LogP contribution in [0, 0.1) is 5.82 Å². The molecule has 0 unspecified atom stereocenters. The van der Waals surface area contributed by atoms with Crippen molar-refractivity contribution in [3.8, 4) is 0 Å². The molecule has 2 N–H and O–H groups in total. The molecule has 0 bridgehead atoms. The van der Waals surface area contributed by atoms with Crippen LogP contribution in [0.25, 0.3) is 0 Å². The predicted octanol–water partition coefficient (Wildman–Crippen LogP) is 2.87. The van der Waals surface area contributed by atoms with Crippen molar-refractivity contribution in [2.24, 2.45) is 0 Å². The van der Waals surface area contributed by atoms with Gasteiger partial charge < -0.3 is 0 Å². The van der Waals surface area contributed by atoms with Gasteiger partial charge in [-0.1, -0.05) is 29.8 Å². The van der Waals surface area contributed by atoms with Gasteiger partial charge in [0.05, 0.1) is 0 Å². The van der Waals surface area contributed by atoms with Gasteiger partial charge in [-0.3, -0.25) is 20.4 Å². The van der Waals surface area contributed by atoms with E-state index < -0.39 is 11.7 Å². The number of amides is 2. The molecule has 0 fully saturated rings. The van der Waals surface area contributed by atoms with E-state index in [0.29, 0.717) is 11.4 Å². The van der Waals surface area contributed by atoms with E-state index in [1.54, 1.807) is 6.07 Å². The van der Waals surface area contributed by atoms with Crippen molar-refractivity contribution in [1.82, 2.24) is 10.9 Å². The molecule has 0 aliphatic rings. The molecule has 2 aromatic carbocycles. The van der Waals surface area contributed by atoms with E-state index in [0.717, 1.165) is 5.56 Å². The van der Waals surface area contributed by atoms with Crippen molar-refractivity contribution in [2.45, 2.75) is 12.8 Å². The lowest BCUT2D eigenvalue weighted by molar-refractivity contribution is -0.121. The third-order valence-corrected chi connectivity index (χ3v) is 3.37. The molecule has 0 spiro atoms. The van der Waals surface area contributed by atoms with Crippen molar-refractivity contribution in [3.63, 3.8) is 0 Å². The molecule has 0 saturated carbocycles. The van der Waals surface area contributed by atoms with Crippen LogP contribution < -0.4 is 10.9 Å². The third-order valence-electron chi connectivity index (χ3n) is 3.00. The number of benzene rings is 2. The summed E-state index contributed by atoms with van der Waals surface area (Å²) in [6, 6.07) is 12.3. The van der Waals surface area contributed by atoms with Crippen LogP contribution >= 0.6 is 11.6 Å². The monoisotopic (exact) mass is 320 g/mol. The molecule has 0 aromatic heterocycles. The zero-order chi connectivity index (χ0) is 15.9. The van der Waals surface area contributed by atoms with Crippen molar-refractivity contribution in [1.29, 1.82) is 0 Å². The van der Waals surface area contributed by atoms with Gasteiger partial charge >= 0.3 is 0 Å². The molecule has 0 aliphatic heterocycles. The highest BCUT2D eigenvalue weighted by atomic mass is 35.5. The first kappa shape index (κ1) is 16.0. The second-order valence-corrected chi connectivity index (χ2v) is 5.01. The number of rotatable bonds is 4. The molecule has 2 aromatic rings. The molecule has 2 rings (SSSR count). The van der Waals surface area contributed by atoms with E-state index in [9.17, 15) is 14.0 Å². The second-order valence-electron chi connectivity index (χ2n) is 4.60. The Morgan fingerprint density at radius 2 is 1.68 bits per heavy atom. The van der Waals surface area contributed by atoms with Gasteiger partial charge in [0.1, 0.15) is 5.82 Å². The van der Waals surface area contributed by atoms with Crippen LogP contribution in [0.15, 0.2) is 48.5 Å². The van der Waals surface area contributed by atoms with Gasteiger partial charge in [0.2, 0.25) is 5.91 Å².